The van der Waals surface area contributed by atoms with E-state index in [-0.39, 0.29) is 16.8 Å². The first-order valence-electron chi connectivity index (χ1n) is 13.4. The fourth-order valence-corrected chi connectivity index (χ4v) is 6.70. The molecular weight excluding hydrogens is 578 g/mol. The number of ketones is 2. The number of amides is 2. The molecule has 0 heterocycles. The summed E-state index contributed by atoms with van der Waals surface area (Å²) in [4.78, 5) is 55.5. The van der Waals surface area contributed by atoms with Crippen molar-refractivity contribution < 1.29 is 54.2 Å². The lowest BCUT2D eigenvalue weighted by Crippen LogP contribution is -2.73. The van der Waals surface area contributed by atoms with Crippen molar-refractivity contribution in [2.24, 2.45) is 17.6 Å². The van der Waals surface area contributed by atoms with Gasteiger partial charge in [0.25, 0.3) is 5.91 Å². The molecule has 232 valence electrons. The van der Waals surface area contributed by atoms with Crippen molar-refractivity contribution in [1.82, 2.24) is 4.90 Å². The zero-order chi connectivity index (χ0) is 32.5. The molecule has 0 unspecified atom stereocenters. The molecular formula is C30H31N3O11. The minimum Gasteiger partial charge on any atom is -0.507 e. The van der Waals surface area contributed by atoms with Gasteiger partial charge in [0.1, 0.15) is 22.8 Å². The van der Waals surface area contributed by atoms with Crippen LogP contribution in [-0.4, -0.2) is 93.0 Å². The van der Waals surface area contributed by atoms with Crippen molar-refractivity contribution in [2.75, 3.05) is 26.5 Å². The first kappa shape index (κ1) is 30.5. The van der Waals surface area contributed by atoms with Gasteiger partial charge < -0.3 is 40.7 Å². The Bertz CT molecular complexity index is 1660. The van der Waals surface area contributed by atoms with Gasteiger partial charge in [0, 0.05) is 5.69 Å². The average molecular weight is 610 g/mol. The molecule has 0 aliphatic heterocycles. The summed E-state index contributed by atoms with van der Waals surface area (Å²) >= 11 is 0. The number of aliphatic hydroxyl groups is 4. The fraction of sp³-hybridized carbons (Fsp3) is 0.333. The van der Waals surface area contributed by atoms with Crippen LogP contribution in [-0.2, 0) is 24.7 Å². The monoisotopic (exact) mass is 609 g/mol. The molecule has 6 atom stereocenters. The minimum atomic E-state index is -3.01. The van der Waals surface area contributed by atoms with Crippen LogP contribution in [0.3, 0.4) is 0 Å². The molecule has 3 aliphatic rings. The molecule has 0 bridgehead atoms. The number of nitrogens with zero attached hydrogens (tertiary/aromatic N) is 1. The molecule has 3 aliphatic carbocycles. The predicted octanol–water partition coefficient (Wildman–Crippen LogP) is 0.865. The number of phenols is 1. The maximum atomic E-state index is 14.7. The van der Waals surface area contributed by atoms with Crippen LogP contribution in [0, 0.1) is 11.8 Å². The number of Topliss-reactive ketones (excluding diaryl/α,β-unsaturated/α-hetero) is 2. The lowest BCUT2D eigenvalue weighted by molar-refractivity contribution is -0.181. The third-order valence-corrected chi connectivity index (χ3v) is 8.59. The molecule has 5 rings (SSSR count). The van der Waals surface area contributed by atoms with E-state index < -0.39 is 87.2 Å². The number of anilines is 1. The van der Waals surface area contributed by atoms with Gasteiger partial charge in [-0.3, -0.25) is 24.6 Å². The van der Waals surface area contributed by atoms with E-state index in [9.17, 15) is 44.7 Å². The molecule has 2 aromatic rings. The van der Waals surface area contributed by atoms with Crippen LogP contribution in [0.2, 0.25) is 0 Å². The van der Waals surface area contributed by atoms with Crippen molar-refractivity contribution in [3.8, 4) is 11.5 Å². The summed E-state index contributed by atoms with van der Waals surface area (Å²) in [6, 6.07) is 8.24. The van der Waals surface area contributed by atoms with Crippen molar-refractivity contribution in [3.05, 3.63) is 70.5 Å². The molecule has 0 spiro atoms. The van der Waals surface area contributed by atoms with E-state index in [1.54, 1.807) is 0 Å². The second-order valence-corrected chi connectivity index (χ2v) is 11.3. The van der Waals surface area contributed by atoms with E-state index in [1.165, 1.54) is 75.5 Å². The number of phenolic OH excluding ortho intramolecular Hbond substituents is 1. The molecule has 2 aromatic carbocycles. The van der Waals surface area contributed by atoms with E-state index in [0.29, 0.717) is 5.75 Å². The SMILES string of the molecule is COc1ccc(NC(=O)O[C@]23C(=O)C4=C(O)c5c(O)cccc5[C@@](C)(O)[C@H]4[C@H](O)[C@H]2[C@H](N(C)C)C(=O)C(C(N)=O)=C3O)cc1. The van der Waals surface area contributed by atoms with Gasteiger partial charge in [0.2, 0.25) is 11.4 Å². The number of likely N-dealkylation sites (N-methyl/N-ethyl adjacent to an activating group) is 1. The number of carbonyl (C=O) groups excluding carboxylic acids is 4. The number of primary amides is 1. The average Bonchev–Trinajstić information content (AvgIpc) is 2.94. The maximum absolute atomic E-state index is 14.7. The van der Waals surface area contributed by atoms with Gasteiger partial charge in [-0.05, 0) is 56.9 Å². The number of aromatic hydroxyl groups is 1. The highest BCUT2D eigenvalue weighted by Crippen LogP contribution is 2.58. The number of ether oxygens (including phenoxy) is 2. The van der Waals surface area contributed by atoms with Crippen molar-refractivity contribution in [3.63, 3.8) is 0 Å². The highest BCUT2D eigenvalue weighted by Gasteiger charge is 2.72. The molecule has 1 fully saturated rings. The first-order valence-corrected chi connectivity index (χ1v) is 13.4. The van der Waals surface area contributed by atoms with Gasteiger partial charge in [-0.15, -0.1) is 0 Å². The molecule has 1 saturated carbocycles. The number of rotatable bonds is 5. The number of hydrogen-bond donors (Lipinski definition) is 7. The number of hydrogen-bond acceptors (Lipinski definition) is 12. The summed E-state index contributed by atoms with van der Waals surface area (Å²) in [5.41, 5.74) is -1.69. The lowest BCUT2D eigenvalue weighted by Gasteiger charge is -2.56. The van der Waals surface area contributed by atoms with Gasteiger partial charge in [-0.25, -0.2) is 4.79 Å². The van der Waals surface area contributed by atoms with Crippen LogP contribution in [0.5, 0.6) is 11.5 Å². The molecule has 0 aromatic heterocycles. The largest absolute Gasteiger partial charge is 0.507 e. The number of nitrogens with one attached hydrogen (secondary N) is 1. The van der Waals surface area contributed by atoms with E-state index in [2.05, 4.69) is 5.32 Å². The van der Waals surface area contributed by atoms with Crippen LogP contribution >= 0.6 is 0 Å². The van der Waals surface area contributed by atoms with Gasteiger partial charge in [0.05, 0.1) is 47.8 Å². The second-order valence-electron chi connectivity index (χ2n) is 11.3. The normalized spacial score (nSPS) is 29.5. The van der Waals surface area contributed by atoms with Gasteiger partial charge in [0.15, 0.2) is 11.5 Å². The zero-order valence-electron chi connectivity index (χ0n) is 24.1. The summed E-state index contributed by atoms with van der Waals surface area (Å²) in [6.45, 7) is 1.24. The molecule has 14 nitrogen and oxygen atoms in total. The molecule has 44 heavy (non-hydrogen) atoms. The standard InChI is InChI=1S/C30H31N3O11/c1-29(42)14-6-5-7-15(34)16(14)22(35)17-19(29)24(37)20-21(33(2)3)23(36)18(27(31)40)26(39)30(20,25(17)38)44-28(41)32-12-8-10-13(43-4)11-9-12/h5-11,19-21,24,34-35,37,39,42H,1-4H3,(H2,31,40)(H,32,41)/t19-,20-,21+,24+,29-,30+/m1/s1. The number of benzene rings is 2. The second kappa shape index (κ2) is 10.4. The third-order valence-electron chi connectivity index (χ3n) is 8.59. The molecule has 0 saturated heterocycles. The van der Waals surface area contributed by atoms with Crippen LogP contribution in [0.4, 0.5) is 10.5 Å². The summed E-state index contributed by atoms with van der Waals surface area (Å²) in [5.74, 6) is -9.66. The van der Waals surface area contributed by atoms with Crippen molar-refractivity contribution in [2.45, 2.75) is 30.3 Å². The van der Waals surface area contributed by atoms with Crippen LogP contribution in [0.15, 0.2) is 59.4 Å². The Kier molecular flexibility index (Phi) is 7.19. The van der Waals surface area contributed by atoms with Crippen molar-refractivity contribution >= 4 is 35.0 Å². The van der Waals surface area contributed by atoms with E-state index in [1.807, 2.05) is 0 Å². The lowest BCUT2D eigenvalue weighted by atomic mass is 9.53. The smallest absolute Gasteiger partial charge is 0.413 e. The minimum absolute atomic E-state index is 0.0394. The molecule has 2 amide bonds. The van der Waals surface area contributed by atoms with E-state index >= 15 is 0 Å². The number of methoxy groups -OCH3 is 1. The predicted molar refractivity (Wildman–Crippen MR) is 152 cm³/mol. The molecule has 14 heteroatoms. The van der Waals surface area contributed by atoms with Gasteiger partial charge in [-0.2, -0.15) is 0 Å². The first-order chi connectivity index (χ1) is 20.6. The van der Waals surface area contributed by atoms with E-state index in [4.69, 9.17) is 15.2 Å². The number of aliphatic hydroxyl groups excluding tert-OH is 3. The Balaban J connectivity index is 1.79. The number of carbonyl (C=O) groups is 4. The highest BCUT2D eigenvalue weighted by molar-refractivity contribution is 6.25. The zero-order valence-corrected chi connectivity index (χ0v) is 24.1. The summed E-state index contributed by atoms with van der Waals surface area (Å²) in [5, 5.41) is 59.7. The quantitative estimate of drug-likeness (QED) is 0.234. The van der Waals surface area contributed by atoms with Crippen LogP contribution in [0.1, 0.15) is 18.1 Å². The van der Waals surface area contributed by atoms with Crippen LogP contribution in [0.25, 0.3) is 5.76 Å². The Morgan fingerprint density at radius 2 is 1.68 bits per heavy atom. The van der Waals surface area contributed by atoms with Crippen LogP contribution < -0.4 is 15.8 Å². The number of fused-ring (bicyclic) bond motifs is 3. The Morgan fingerprint density at radius 3 is 2.25 bits per heavy atom. The van der Waals surface area contributed by atoms with Gasteiger partial charge >= 0.3 is 6.09 Å². The summed E-state index contributed by atoms with van der Waals surface area (Å²) in [7, 11) is 4.21. The molecule has 8 N–H and O–H groups in total. The highest BCUT2D eigenvalue weighted by atomic mass is 16.6. The summed E-state index contributed by atoms with van der Waals surface area (Å²) < 4.78 is 10.7. The number of nitrogens with two attached hydrogens (primary N) is 1. The van der Waals surface area contributed by atoms with Gasteiger partial charge in [-0.1, -0.05) is 12.1 Å². The third kappa shape index (κ3) is 4.13. The molecule has 0 radical (unpaired) electrons. The summed E-state index contributed by atoms with van der Waals surface area (Å²) in [6.07, 6.45) is -3.34. The maximum Gasteiger partial charge on any atom is 0.413 e. The Hall–Kier alpha value is -4.92. The Morgan fingerprint density at radius 1 is 1.05 bits per heavy atom. The Labute approximate surface area is 250 Å². The topological polar surface area (TPSA) is 229 Å². The fourth-order valence-electron chi connectivity index (χ4n) is 6.70. The van der Waals surface area contributed by atoms with E-state index in [0.717, 1.165) is 0 Å². The van der Waals surface area contributed by atoms with Crippen molar-refractivity contribution in [1.29, 1.82) is 0 Å².